The van der Waals surface area contributed by atoms with Gasteiger partial charge in [-0.15, -0.1) is 0 Å². The summed E-state index contributed by atoms with van der Waals surface area (Å²) in [5, 5.41) is 2.68. The second-order valence-electron chi connectivity index (χ2n) is 3.58. The topological polar surface area (TPSA) is 75.3 Å². The molecule has 0 unspecified atom stereocenters. The van der Waals surface area contributed by atoms with E-state index >= 15 is 0 Å². The summed E-state index contributed by atoms with van der Waals surface area (Å²) in [6, 6.07) is 6.59. The van der Waals surface area contributed by atoms with Crippen LogP contribution in [-0.2, 0) is 21.2 Å². The lowest BCUT2D eigenvalue weighted by molar-refractivity contribution is -0.118. The molecule has 94 valence electrons. The number of sulfonamides is 1. The molecule has 17 heavy (non-hydrogen) atoms. The zero-order valence-electron chi connectivity index (χ0n) is 9.86. The normalized spacial score (nSPS) is 11.2. The predicted octanol–water partition coefficient (Wildman–Crippen LogP) is 0.273. The summed E-state index contributed by atoms with van der Waals surface area (Å²) >= 11 is 0. The highest BCUT2D eigenvalue weighted by Crippen LogP contribution is 2.10. The van der Waals surface area contributed by atoms with Gasteiger partial charge in [-0.05, 0) is 31.2 Å². The SMILES string of the molecule is CNS(=O)(=O)c1ccc(CCNC(C)=O)cc1. The van der Waals surface area contributed by atoms with Crippen molar-refractivity contribution < 1.29 is 13.2 Å². The number of carbonyl (C=O) groups excluding carboxylic acids is 1. The Labute approximate surface area is 101 Å². The van der Waals surface area contributed by atoms with Crippen LogP contribution in [0.4, 0.5) is 0 Å². The van der Waals surface area contributed by atoms with Crippen LogP contribution in [0.25, 0.3) is 0 Å². The van der Waals surface area contributed by atoms with E-state index in [4.69, 9.17) is 0 Å². The van der Waals surface area contributed by atoms with Gasteiger partial charge in [0.1, 0.15) is 0 Å². The Morgan fingerprint density at radius 1 is 1.24 bits per heavy atom. The van der Waals surface area contributed by atoms with E-state index in [1.54, 1.807) is 24.3 Å². The first-order valence-corrected chi connectivity index (χ1v) is 6.71. The molecule has 2 N–H and O–H groups in total. The summed E-state index contributed by atoms with van der Waals surface area (Å²) in [4.78, 5) is 10.9. The van der Waals surface area contributed by atoms with E-state index in [1.165, 1.54) is 14.0 Å². The molecule has 0 atom stereocenters. The van der Waals surface area contributed by atoms with Crippen LogP contribution in [0.2, 0.25) is 0 Å². The second kappa shape index (κ2) is 5.79. The van der Waals surface area contributed by atoms with Crippen molar-refractivity contribution in [3.05, 3.63) is 29.8 Å². The first-order valence-electron chi connectivity index (χ1n) is 5.22. The maximum atomic E-state index is 11.4. The monoisotopic (exact) mass is 256 g/mol. The minimum atomic E-state index is -3.37. The molecule has 0 aromatic heterocycles. The molecular weight excluding hydrogens is 240 g/mol. The molecule has 0 aliphatic carbocycles. The van der Waals surface area contributed by atoms with E-state index in [0.29, 0.717) is 13.0 Å². The Hall–Kier alpha value is -1.40. The number of carbonyl (C=O) groups is 1. The molecule has 0 radical (unpaired) electrons. The zero-order valence-corrected chi connectivity index (χ0v) is 10.7. The van der Waals surface area contributed by atoms with Gasteiger partial charge < -0.3 is 5.32 Å². The lowest BCUT2D eigenvalue weighted by Crippen LogP contribution is -2.22. The summed E-state index contributed by atoms with van der Waals surface area (Å²) in [5.41, 5.74) is 0.980. The third kappa shape index (κ3) is 4.16. The van der Waals surface area contributed by atoms with Crippen molar-refractivity contribution in [2.45, 2.75) is 18.2 Å². The molecular formula is C11H16N2O3S. The van der Waals surface area contributed by atoms with E-state index in [-0.39, 0.29) is 10.8 Å². The standard InChI is InChI=1S/C11H16N2O3S/c1-9(14)13-8-7-10-3-5-11(6-4-10)17(15,16)12-2/h3-6,12H,7-8H2,1-2H3,(H,13,14). The molecule has 5 nitrogen and oxygen atoms in total. The van der Waals surface area contributed by atoms with Gasteiger partial charge in [-0.3, -0.25) is 4.79 Å². The first kappa shape index (κ1) is 13.7. The molecule has 0 spiro atoms. The highest BCUT2D eigenvalue weighted by molar-refractivity contribution is 7.89. The van der Waals surface area contributed by atoms with Crippen molar-refractivity contribution in [2.75, 3.05) is 13.6 Å². The number of hydrogen-bond donors (Lipinski definition) is 2. The molecule has 0 aliphatic rings. The third-order valence-corrected chi connectivity index (χ3v) is 3.72. The van der Waals surface area contributed by atoms with Crippen LogP contribution in [0.1, 0.15) is 12.5 Å². The maximum absolute atomic E-state index is 11.4. The zero-order chi connectivity index (χ0) is 12.9. The van der Waals surface area contributed by atoms with Crippen LogP contribution >= 0.6 is 0 Å². The smallest absolute Gasteiger partial charge is 0.240 e. The van der Waals surface area contributed by atoms with E-state index in [0.717, 1.165) is 5.56 Å². The summed E-state index contributed by atoms with van der Waals surface area (Å²) in [6.07, 6.45) is 0.680. The van der Waals surface area contributed by atoms with Gasteiger partial charge in [0.15, 0.2) is 0 Å². The van der Waals surface area contributed by atoms with Crippen LogP contribution in [0.5, 0.6) is 0 Å². The molecule has 0 heterocycles. The molecule has 1 aromatic carbocycles. The van der Waals surface area contributed by atoms with Crippen molar-refractivity contribution in [1.29, 1.82) is 0 Å². The van der Waals surface area contributed by atoms with E-state index in [2.05, 4.69) is 10.0 Å². The Kier molecular flexibility index (Phi) is 4.65. The van der Waals surface area contributed by atoms with Crippen LogP contribution in [-0.4, -0.2) is 27.9 Å². The molecule has 1 amide bonds. The Bertz CT molecular complexity index is 480. The highest BCUT2D eigenvalue weighted by atomic mass is 32.2. The Balaban J connectivity index is 2.66. The fourth-order valence-corrected chi connectivity index (χ4v) is 2.07. The van der Waals surface area contributed by atoms with E-state index < -0.39 is 10.0 Å². The van der Waals surface area contributed by atoms with E-state index in [1.807, 2.05) is 0 Å². The predicted molar refractivity (Wildman–Crippen MR) is 65.1 cm³/mol. The molecule has 0 bridgehead atoms. The fourth-order valence-electron chi connectivity index (χ4n) is 1.34. The van der Waals surface area contributed by atoms with Gasteiger partial charge >= 0.3 is 0 Å². The van der Waals surface area contributed by atoms with Crippen molar-refractivity contribution in [2.24, 2.45) is 0 Å². The minimum Gasteiger partial charge on any atom is -0.356 e. The van der Waals surface area contributed by atoms with Gasteiger partial charge in [0.2, 0.25) is 15.9 Å². The average molecular weight is 256 g/mol. The lowest BCUT2D eigenvalue weighted by atomic mass is 10.1. The Morgan fingerprint density at radius 2 is 1.82 bits per heavy atom. The third-order valence-electron chi connectivity index (χ3n) is 2.29. The van der Waals surface area contributed by atoms with Gasteiger partial charge in [-0.1, -0.05) is 12.1 Å². The summed E-state index contributed by atoms with van der Waals surface area (Å²) in [5.74, 6) is -0.0700. The highest BCUT2D eigenvalue weighted by Gasteiger charge is 2.09. The molecule has 6 heteroatoms. The van der Waals surface area contributed by atoms with Crippen molar-refractivity contribution in [3.63, 3.8) is 0 Å². The van der Waals surface area contributed by atoms with Gasteiger partial charge in [-0.25, -0.2) is 13.1 Å². The van der Waals surface area contributed by atoms with Crippen molar-refractivity contribution >= 4 is 15.9 Å². The maximum Gasteiger partial charge on any atom is 0.240 e. The molecule has 0 aliphatic heterocycles. The number of rotatable bonds is 5. The van der Waals surface area contributed by atoms with Gasteiger partial charge in [-0.2, -0.15) is 0 Å². The second-order valence-corrected chi connectivity index (χ2v) is 5.47. The van der Waals surface area contributed by atoms with Crippen LogP contribution < -0.4 is 10.0 Å². The number of amides is 1. The molecule has 1 rings (SSSR count). The van der Waals surface area contributed by atoms with Crippen LogP contribution in [0.15, 0.2) is 29.2 Å². The molecule has 0 fully saturated rings. The van der Waals surface area contributed by atoms with Gasteiger partial charge in [0.25, 0.3) is 0 Å². The average Bonchev–Trinajstić information content (AvgIpc) is 2.29. The number of hydrogen-bond acceptors (Lipinski definition) is 3. The first-order chi connectivity index (χ1) is 7.95. The molecule has 0 saturated heterocycles. The summed E-state index contributed by atoms with van der Waals surface area (Å²) < 4.78 is 25.1. The molecule has 1 aromatic rings. The summed E-state index contributed by atoms with van der Waals surface area (Å²) in [6.45, 7) is 2.01. The largest absolute Gasteiger partial charge is 0.356 e. The number of benzene rings is 1. The lowest BCUT2D eigenvalue weighted by Gasteiger charge is -2.05. The minimum absolute atomic E-state index is 0.0700. The van der Waals surface area contributed by atoms with Crippen LogP contribution in [0, 0.1) is 0 Å². The number of nitrogens with one attached hydrogen (secondary N) is 2. The quantitative estimate of drug-likeness (QED) is 0.794. The van der Waals surface area contributed by atoms with Gasteiger partial charge in [0.05, 0.1) is 4.90 Å². The molecule has 0 saturated carbocycles. The van der Waals surface area contributed by atoms with Crippen molar-refractivity contribution in [1.82, 2.24) is 10.0 Å². The summed E-state index contributed by atoms with van der Waals surface area (Å²) in [7, 11) is -1.99. The van der Waals surface area contributed by atoms with Crippen LogP contribution in [0.3, 0.4) is 0 Å². The Morgan fingerprint density at radius 3 is 2.29 bits per heavy atom. The van der Waals surface area contributed by atoms with E-state index in [9.17, 15) is 13.2 Å². The fraction of sp³-hybridized carbons (Fsp3) is 0.364. The van der Waals surface area contributed by atoms with Crippen molar-refractivity contribution in [3.8, 4) is 0 Å². The van der Waals surface area contributed by atoms with Gasteiger partial charge in [0, 0.05) is 13.5 Å².